The van der Waals surface area contributed by atoms with Gasteiger partial charge < -0.3 is 9.64 Å². The number of hydrogen-bond donors (Lipinski definition) is 0. The van der Waals surface area contributed by atoms with Crippen LogP contribution in [0.3, 0.4) is 0 Å². The van der Waals surface area contributed by atoms with E-state index in [0.717, 1.165) is 29.6 Å². The lowest BCUT2D eigenvalue weighted by molar-refractivity contribution is 0.381. The molecule has 25 heavy (non-hydrogen) atoms. The fourth-order valence-electron chi connectivity index (χ4n) is 2.79. The minimum Gasteiger partial charge on any atom is -0.497 e. The highest BCUT2D eigenvalue weighted by atomic mass is 32.2. The number of rotatable bonds is 4. The molecule has 0 atom stereocenters. The number of sulfonamides is 1. The molecule has 1 aliphatic heterocycles. The van der Waals surface area contributed by atoms with Gasteiger partial charge in [0.1, 0.15) is 22.3 Å². The van der Waals surface area contributed by atoms with Crippen LogP contribution < -0.4 is 9.64 Å². The van der Waals surface area contributed by atoms with E-state index >= 15 is 0 Å². The number of nitrogens with zero attached hydrogens (tertiary/aromatic N) is 2. The Morgan fingerprint density at radius 1 is 0.960 bits per heavy atom. The molecule has 134 valence electrons. The second-order valence-corrected chi connectivity index (χ2v) is 7.57. The first-order valence-corrected chi connectivity index (χ1v) is 9.20. The minimum absolute atomic E-state index is 0.199. The number of ether oxygens (including phenoxy) is 1. The van der Waals surface area contributed by atoms with Crippen molar-refractivity contribution in [2.45, 2.75) is 4.90 Å². The molecule has 0 saturated carbocycles. The third-order valence-corrected chi connectivity index (χ3v) is 6.10. The van der Waals surface area contributed by atoms with Gasteiger partial charge in [0.15, 0.2) is 0 Å². The van der Waals surface area contributed by atoms with Crippen molar-refractivity contribution in [1.29, 1.82) is 0 Å². The smallest absolute Gasteiger partial charge is 0.246 e. The van der Waals surface area contributed by atoms with Gasteiger partial charge >= 0.3 is 0 Å². The van der Waals surface area contributed by atoms with Crippen molar-refractivity contribution >= 4 is 15.7 Å². The van der Waals surface area contributed by atoms with Crippen molar-refractivity contribution in [2.24, 2.45) is 0 Å². The largest absolute Gasteiger partial charge is 0.497 e. The topological polar surface area (TPSA) is 49.9 Å². The third-order valence-electron chi connectivity index (χ3n) is 4.19. The number of benzene rings is 2. The number of piperazine rings is 1. The van der Waals surface area contributed by atoms with Crippen LogP contribution >= 0.6 is 0 Å². The summed E-state index contributed by atoms with van der Waals surface area (Å²) >= 11 is 0. The van der Waals surface area contributed by atoms with Crippen LogP contribution in [-0.2, 0) is 10.0 Å². The monoisotopic (exact) mass is 368 g/mol. The lowest BCUT2D eigenvalue weighted by Crippen LogP contribution is -2.48. The van der Waals surface area contributed by atoms with Gasteiger partial charge in [-0.25, -0.2) is 17.2 Å². The molecule has 1 saturated heterocycles. The third kappa shape index (κ3) is 3.59. The molecule has 2 aromatic carbocycles. The van der Waals surface area contributed by atoms with Crippen LogP contribution in [0.2, 0.25) is 0 Å². The fraction of sp³-hybridized carbons (Fsp3) is 0.294. The van der Waals surface area contributed by atoms with Crippen molar-refractivity contribution in [3.8, 4) is 5.75 Å². The molecule has 5 nitrogen and oxygen atoms in total. The van der Waals surface area contributed by atoms with E-state index in [-0.39, 0.29) is 13.1 Å². The minimum atomic E-state index is -4.06. The zero-order chi connectivity index (χ0) is 18.0. The summed E-state index contributed by atoms with van der Waals surface area (Å²) < 4.78 is 58.6. The Kier molecular flexibility index (Phi) is 4.91. The van der Waals surface area contributed by atoms with Gasteiger partial charge in [0.05, 0.1) is 7.11 Å². The summed E-state index contributed by atoms with van der Waals surface area (Å²) in [5.41, 5.74) is 0.954. The Morgan fingerprint density at radius 3 is 2.20 bits per heavy atom. The van der Waals surface area contributed by atoms with E-state index < -0.39 is 26.6 Å². The maximum atomic E-state index is 13.8. The predicted molar refractivity (Wildman–Crippen MR) is 90.3 cm³/mol. The van der Waals surface area contributed by atoms with Gasteiger partial charge in [-0.1, -0.05) is 0 Å². The summed E-state index contributed by atoms with van der Waals surface area (Å²) in [5, 5.41) is 0. The molecule has 8 heteroatoms. The van der Waals surface area contributed by atoms with Crippen molar-refractivity contribution in [1.82, 2.24) is 4.31 Å². The molecule has 0 aromatic heterocycles. The van der Waals surface area contributed by atoms with Gasteiger partial charge in [0.2, 0.25) is 10.0 Å². The van der Waals surface area contributed by atoms with Crippen LogP contribution in [0, 0.1) is 11.6 Å². The van der Waals surface area contributed by atoms with Crippen LogP contribution in [0.15, 0.2) is 47.4 Å². The molecule has 3 rings (SSSR count). The molecule has 0 amide bonds. The first-order valence-electron chi connectivity index (χ1n) is 7.76. The van der Waals surface area contributed by atoms with Gasteiger partial charge in [-0.2, -0.15) is 4.31 Å². The first-order chi connectivity index (χ1) is 11.9. The van der Waals surface area contributed by atoms with Gasteiger partial charge in [0, 0.05) is 31.9 Å². The van der Waals surface area contributed by atoms with Crippen molar-refractivity contribution in [2.75, 3.05) is 38.2 Å². The Balaban J connectivity index is 1.73. The van der Waals surface area contributed by atoms with Crippen LogP contribution in [0.5, 0.6) is 5.75 Å². The van der Waals surface area contributed by atoms with Crippen LogP contribution in [0.1, 0.15) is 0 Å². The standard InChI is InChI=1S/C17H18F2N2O3S/c1-24-15-5-3-14(4-6-15)20-8-10-21(11-9-20)25(22,23)17-12-13(18)2-7-16(17)19/h2-7,12H,8-11H2,1H3. The average Bonchev–Trinajstić information content (AvgIpc) is 2.64. The zero-order valence-electron chi connectivity index (χ0n) is 13.7. The van der Waals surface area contributed by atoms with Crippen LogP contribution in [-0.4, -0.2) is 46.0 Å². The highest BCUT2D eigenvalue weighted by Gasteiger charge is 2.31. The maximum Gasteiger partial charge on any atom is 0.246 e. The highest BCUT2D eigenvalue weighted by molar-refractivity contribution is 7.89. The Hall–Kier alpha value is -2.19. The summed E-state index contributed by atoms with van der Waals surface area (Å²) in [4.78, 5) is 1.42. The molecule has 0 unspecified atom stereocenters. The van der Waals surface area contributed by atoms with E-state index in [4.69, 9.17) is 4.74 Å². The molecule has 2 aromatic rings. The summed E-state index contributed by atoms with van der Waals surface area (Å²) in [5.74, 6) is -0.984. The van der Waals surface area contributed by atoms with E-state index in [9.17, 15) is 17.2 Å². The quantitative estimate of drug-likeness (QED) is 0.832. The van der Waals surface area contributed by atoms with Crippen LogP contribution in [0.4, 0.5) is 14.5 Å². The summed E-state index contributed by atoms with van der Waals surface area (Å²) in [6.07, 6.45) is 0. The second kappa shape index (κ2) is 6.97. The van der Waals surface area contributed by atoms with Gasteiger partial charge in [-0.15, -0.1) is 0 Å². The lowest BCUT2D eigenvalue weighted by Gasteiger charge is -2.35. The lowest BCUT2D eigenvalue weighted by atomic mass is 10.2. The maximum absolute atomic E-state index is 13.8. The molecule has 1 fully saturated rings. The number of methoxy groups -OCH3 is 1. The van der Waals surface area contributed by atoms with E-state index in [2.05, 4.69) is 0 Å². The first kappa shape index (κ1) is 17.6. The normalized spacial score (nSPS) is 16.0. The SMILES string of the molecule is COc1ccc(N2CCN(S(=O)(=O)c3cc(F)ccc3F)CC2)cc1. The molecular formula is C17H18F2N2O3S. The highest BCUT2D eigenvalue weighted by Crippen LogP contribution is 2.24. The van der Waals surface area contributed by atoms with Crippen molar-refractivity contribution < 1.29 is 21.9 Å². The van der Waals surface area contributed by atoms with E-state index in [0.29, 0.717) is 13.1 Å². The Labute approximate surface area is 145 Å². The predicted octanol–water partition coefficient (Wildman–Crippen LogP) is 2.48. The van der Waals surface area contributed by atoms with Crippen molar-refractivity contribution in [3.05, 3.63) is 54.1 Å². The van der Waals surface area contributed by atoms with E-state index in [1.807, 2.05) is 29.2 Å². The number of hydrogen-bond acceptors (Lipinski definition) is 4. The number of anilines is 1. The fourth-order valence-corrected chi connectivity index (χ4v) is 4.29. The molecule has 0 bridgehead atoms. The van der Waals surface area contributed by atoms with Crippen molar-refractivity contribution in [3.63, 3.8) is 0 Å². The van der Waals surface area contributed by atoms with Gasteiger partial charge in [-0.3, -0.25) is 0 Å². The average molecular weight is 368 g/mol. The van der Waals surface area contributed by atoms with Gasteiger partial charge in [0.25, 0.3) is 0 Å². The summed E-state index contributed by atoms with van der Waals surface area (Å²) in [7, 11) is -2.47. The van der Waals surface area contributed by atoms with E-state index in [1.165, 1.54) is 4.31 Å². The summed E-state index contributed by atoms with van der Waals surface area (Å²) in [6, 6.07) is 9.91. The molecular weight excluding hydrogens is 350 g/mol. The van der Waals surface area contributed by atoms with Crippen LogP contribution in [0.25, 0.3) is 0 Å². The summed E-state index contributed by atoms with van der Waals surface area (Å²) in [6.45, 7) is 1.32. The molecule has 0 aliphatic carbocycles. The molecule has 0 N–H and O–H groups in total. The molecule has 1 heterocycles. The van der Waals surface area contributed by atoms with E-state index in [1.54, 1.807) is 7.11 Å². The molecule has 0 spiro atoms. The number of halogens is 2. The van der Waals surface area contributed by atoms with Gasteiger partial charge in [-0.05, 0) is 42.5 Å². The Bertz CT molecular complexity index is 849. The molecule has 0 radical (unpaired) electrons. The Morgan fingerprint density at radius 2 is 1.60 bits per heavy atom. The second-order valence-electron chi connectivity index (χ2n) is 5.66. The molecule has 1 aliphatic rings. The zero-order valence-corrected chi connectivity index (χ0v) is 14.5.